The van der Waals surface area contributed by atoms with E-state index in [4.69, 9.17) is 9.15 Å². The molecule has 82 valence electrons. The van der Waals surface area contributed by atoms with Gasteiger partial charge in [-0.3, -0.25) is 0 Å². The first-order valence-electron chi connectivity index (χ1n) is 4.82. The third-order valence-electron chi connectivity index (χ3n) is 2.15. The lowest BCUT2D eigenvalue weighted by molar-refractivity contribution is 0.415. The summed E-state index contributed by atoms with van der Waals surface area (Å²) >= 11 is 0. The first kappa shape index (κ1) is 10.4. The summed E-state index contributed by atoms with van der Waals surface area (Å²) < 4.78 is 9.91. The van der Waals surface area contributed by atoms with Crippen molar-refractivity contribution < 1.29 is 9.15 Å². The number of rotatable bonds is 2. The molecule has 0 saturated carbocycles. The Labute approximate surface area is 92.5 Å². The van der Waals surface area contributed by atoms with Crippen molar-refractivity contribution in [1.82, 2.24) is 4.98 Å². The van der Waals surface area contributed by atoms with Gasteiger partial charge in [-0.1, -0.05) is 12.1 Å². The highest BCUT2D eigenvalue weighted by molar-refractivity contribution is 5.60. The van der Waals surface area contributed by atoms with Crippen molar-refractivity contribution in [3.8, 4) is 17.0 Å². The fourth-order valence-corrected chi connectivity index (χ4v) is 1.44. The zero-order chi connectivity index (χ0) is 11.5. The molecule has 0 amide bonds. The number of benzene rings is 1. The van der Waals surface area contributed by atoms with Gasteiger partial charge < -0.3 is 9.15 Å². The highest BCUT2D eigenvalue weighted by Crippen LogP contribution is 2.21. The van der Waals surface area contributed by atoms with Crippen molar-refractivity contribution in [1.29, 1.82) is 0 Å². The van der Waals surface area contributed by atoms with Gasteiger partial charge in [0, 0.05) is 12.5 Å². The van der Waals surface area contributed by atoms with E-state index in [-0.39, 0.29) is 0 Å². The number of methoxy groups -OCH3 is 1. The molecule has 0 spiro atoms. The molecule has 0 saturated heterocycles. The summed E-state index contributed by atoms with van der Waals surface area (Å²) in [6, 6.07) is 8.73. The van der Waals surface area contributed by atoms with Crippen LogP contribution in [0.15, 0.2) is 39.5 Å². The molecule has 2 rings (SSSR count). The maximum Gasteiger partial charge on any atom is 0.339 e. The van der Waals surface area contributed by atoms with Gasteiger partial charge in [-0.25, -0.2) is 9.78 Å². The average molecular weight is 217 g/mol. The SMILES string of the molecule is COc1cccc(-c2cc(=O)oc(C)n2)c1. The maximum atomic E-state index is 11.2. The predicted octanol–water partition coefficient (Wildman–Crippen LogP) is 2.02. The van der Waals surface area contributed by atoms with Crippen LogP contribution in [0.3, 0.4) is 0 Å². The molecular formula is C12H11NO3. The molecular weight excluding hydrogens is 206 g/mol. The summed E-state index contributed by atoms with van der Waals surface area (Å²) in [5, 5.41) is 0. The Morgan fingerprint density at radius 2 is 2.12 bits per heavy atom. The fraction of sp³-hybridized carbons (Fsp3) is 0.167. The Balaban J connectivity index is 2.53. The first-order chi connectivity index (χ1) is 7.69. The van der Waals surface area contributed by atoms with Crippen LogP contribution in [0.5, 0.6) is 5.75 Å². The molecule has 1 aromatic carbocycles. The van der Waals surface area contributed by atoms with Crippen molar-refractivity contribution >= 4 is 0 Å². The summed E-state index contributed by atoms with van der Waals surface area (Å²) in [6.45, 7) is 1.64. The van der Waals surface area contributed by atoms with Crippen molar-refractivity contribution in [2.45, 2.75) is 6.92 Å². The monoisotopic (exact) mass is 217 g/mol. The molecule has 0 unspecified atom stereocenters. The molecule has 16 heavy (non-hydrogen) atoms. The molecule has 0 aliphatic rings. The lowest BCUT2D eigenvalue weighted by Gasteiger charge is -2.03. The summed E-state index contributed by atoms with van der Waals surface area (Å²) in [5.74, 6) is 1.08. The van der Waals surface area contributed by atoms with Crippen LogP contribution in [0.25, 0.3) is 11.3 Å². The fourth-order valence-electron chi connectivity index (χ4n) is 1.44. The van der Waals surface area contributed by atoms with Crippen LogP contribution in [0.1, 0.15) is 5.89 Å². The second-order valence-electron chi connectivity index (χ2n) is 3.31. The van der Waals surface area contributed by atoms with Crippen molar-refractivity contribution in [3.63, 3.8) is 0 Å². The molecule has 0 radical (unpaired) electrons. The van der Waals surface area contributed by atoms with E-state index in [0.717, 1.165) is 11.3 Å². The van der Waals surface area contributed by atoms with Crippen LogP contribution in [0.2, 0.25) is 0 Å². The van der Waals surface area contributed by atoms with Crippen molar-refractivity contribution in [2.24, 2.45) is 0 Å². The van der Waals surface area contributed by atoms with Crippen LogP contribution in [-0.2, 0) is 0 Å². The Hall–Kier alpha value is -2.10. The minimum Gasteiger partial charge on any atom is -0.497 e. The van der Waals surface area contributed by atoms with Gasteiger partial charge in [-0.2, -0.15) is 0 Å². The van der Waals surface area contributed by atoms with Gasteiger partial charge in [0.15, 0.2) is 5.89 Å². The number of hydrogen-bond donors (Lipinski definition) is 0. The van der Waals surface area contributed by atoms with E-state index in [1.807, 2.05) is 24.3 Å². The number of nitrogens with zero attached hydrogens (tertiary/aromatic N) is 1. The lowest BCUT2D eigenvalue weighted by atomic mass is 10.1. The van der Waals surface area contributed by atoms with Gasteiger partial charge in [0.1, 0.15) is 5.75 Å². The second kappa shape index (κ2) is 4.18. The van der Waals surface area contributed by atoms with Gasteiger partial charge in [-0.15, -0.1) is 0 Å². The normalized spacial score (nSPS) is 10.1. The van der Waals surface area contributed by atoms with Gasteiger partial charge >= 0.3 is 5.63 Å². The highest BCUT2D eigenvalue weighted by atomic mass is 16.5. The molecule has 4 heteroatoms. The van der Waals surface area contributed by atoms with Gasteiger partial charge in [0.05, 0.1) is 18.9 Å². The summed E-state index contributed by atoms with van der Waals surface area (Å²) in [4.78, 5) is 15.4. The first-order valence-corrected chi connectivity index (χ1v) is 4.82. The Kier molecular flexibility index (Phi) is 2.72. The predicted molar refractivity (Wildman–Crippen MR) is 59.5 cm³/mol. The molecule has 4 nitrogen and oxygen atoms in total. The number of ether oxygens (including phenoxy) is 1. The van der Waals surface area contributed by atoms with Gasteiger partial charge in [0.25, 0.3) is 0 Å². The second-order valence-corrected chi connectivity index (χ2v) is 3.31. The third-order valence-corrected chi connectivity index (χ3v) is 2.15. The maximum absolute atomic E-state index is 11.2. The van der Waals surface area contributed by atoms with Gasteiger partial charge in [-0.05, 0) is 12.1 Å². The molecule has 0 aliphatic carbocycles. The van der Waals surface area contributed by atoms with E-state index in [0.29, 0.717) is 11.6 Å². The minimum atomic E-state index is -0.398. The minimum absolute atomic E-state index is 0.352. The standard InChI is InChI=1S/C12H11NO3/c1-8-13-11(7-12(14)16-8)9-4-3-5-10(6-9)15-2/h3-7H,1-2H3. The molecule has 1 heterocycles. The molecule has 0 aliphatic heterocycles. The smallest absolute Gasteiger partial charge is 0.339 e. The van der Waals surface area contributed by atoms with E-state index >= 15 is 0 Å². The Morgan fingerprint density at radius 1 is 1.31 bits per heavy atom. The number of hydrogen-bond acceptors (Lipinski definition) is 4. The van der Waals surface area contributed by atoms with Crippen molar-refractivity contribution in [3.05, 3.63) is 46.6 Å². The van der Waals surface area contributed by atoms with Crippen LogP contribution in [-0.4, -0.2) is 12.1 Å². The summed E-state index contributed by atoms with van der Waals surface area (Å²) in [5.41, 5.74) is 1.02. The molecule has 0 fully saturated rings. The molecule has 0 atom stereocenters. The largest absolute Gasteiger partial charge is 0.497 e. The number of aromatic nitrogens is 1. The average Bonchev–Trinajstić information content (AvgIpc) is 2.28. The molecule has 0 N–H and O–H groups in total. The lowest BCUT2D eigenvalue weighted by Crippen LogP contribution is -2.01. The number of aryl methyl sites for hydroxylation is 1. The van der Waals surface area contributed by atoms with E-state index in [2.05, 4.69) is 4.98 Å². The molecule has 2 aromatic rings. The van der Waals surface area contributed by atoms with E-state index in [1.54, 1.807) is 14.0 Å². The Morgan fingerprint density at radius 3 is 2.81 bits per heavy atom. The quantitative estimate of drug-likeness (QED) is 0.772. The van der Waals surface area contributed by atoms with E-state index in [9.17, 15) is 4.79 Å². The van der Waals surface area contributed by atoms with Gasteiger partial charge in [0.2, 0.25) is 0 Å². The summed E-state index contributed by atoms with van der Waals surface area (Å²) in [6.07, 6.45) is 0. The van der Waals surface area contributed by atoms with Crippen LogP contribution >= 0.6 is 0 Å². The van der Waals surface area contributed by atoms with E-state index < -0.39 is 5.63 Å². The van der Waals surface area contributed by atoms with Crippen LogP contribution in [0, 0.1) is 6.92 Å². The highest BCUT2D eigenvalue weighted by Gasteiger charge is 2.04. The topological polar surface area (TPSA) is 52.3 Å². The van der Waals surface area contributed by atoms with Crippen LogP contribution < -0.4 is 10.4 Å². The Bertz CT molecular complexity index is 560. The zero-order valence-electron chi connectivity index (χ0n) is 9.06. The summed E-state index contributed by atoms with van der Waals surface area (Å²) in [7, 11) is 1.59. The van der Waals surface area contributed by atoms with Crippen LogP contribution in [0.4, 0.5) is 0 Å². The molecule has 0 bridgehead atoms. The zero-order valence-corrected chi connectivity index (χ0v) is 9.06. The van der Waals surface area contributed by atoms with Crippen molar-refractivity contribution in [2.75, 3.05) is 7.11 Å². The third kappa shape index (κ3) is 2.11. The van der Waals surface area contributed by atoms with E-state index in [1.165, 1.54) is 6.07 Å². The molecule has 1 aromatic heterocycles.